The molecule has 1 amide bonds. The van der Waals surface area contributed by atoms with E-state index in [4.69, 9.17) is 11.6 Å². The number of likely N-dealkylation sites (N-methyl/N-ethyl adjacent to an activating group) is 1. The summed E-state index contributed by atoms with van der Waals surface area (Å²) in [6, 6.07) is 5.84. The number of benzene rings is 1. The number of aryl methyl sites for hydroxylation is 1. The minimum Gasteiger partial charge on any atom is -0.350 e. The number of nitrogens with one attached hydrogen (secondary N) is 1. The van der Waals surface area contributed by atoms with Crippen molar-refractivity contribution in [3.05, 3.63) is 34.3 Å². The van der Waals surface area contributed by atoms with Gasteiger partial charge < -0.3 is 10.2 Å². The smallest absolute Gasteiger partial charge is 0.251 e. The summed E-state index contributed by atoms with van der Waals surface area (Å²) in [5, 5.41) is 3.70. The molecule has 0 aromatic heterocycles. The molecule has 19 heavy (non-hydrogen) atoms. The van der Waals surface area contributed by atoms with Crippen LogP contribution in [-0.4, -0.2) is 37.0 Å². The van der Waals surface area contributed by atoms with Gasteiger partial charge in [0.05, 0.1) is 0 Å². The third-order valence-electron chi connectivity index (χ3n) is 3.85. The molecule has 0 spiro atoms. The van der Waals surface area contributed by atoms with Gasteiger partial charge in [0.2, 0.25) is 0 Å². The summed E-state index contributed by atoms with van der Waals surface area (Å²) in [5.41, 5.74) is 1.63. The van der Waals surface area contributed by atoms with E-state index < -0.39 is 0 Å². The van der Waals surface area contributed by atoms with E-state index in [9.17, 15) is 4.79 Å². The molecule has 0 unspecified atom stereocenters. The van der Waals surface area contributed by atoms with Gasteiger partial charge >= 0.3 is 0 Å². The number of halogens is 1. The highest BCUT2D eigenvalue weighted by Crippen LogP contribution is 2.16. The monoisotopic (exact) mass is 280 g/mol. The average Bonchev–Trinajstić information content (AvgIpc) is 2.37. The summed E-state index contributed by atoms with van der Waals surface area (Å²) in [5.74, 6) is -0.00635. The molecule has 1 heterocycles. The maximum Gasteiger partial charge on any atom is 0.251 e. The van der Waals surface area contributed by atoms with Crippen LogP contribution in [0.15, 0.2) is 18.2 Å². The van der Waals surface area contributed by atoms with Gasteiger partial charge in [0.15, 0.2) is 0 Å². The standard InChI is InChI=1S/C15H21ClN2O/c1-11-9-12(16)6-7-14(11)15(19)17-10-13-5-3-4-8-18(13)2/h6-7,9,13H,3-5,8,10H2,1-2H3,(H,17,19)/t13-/m1/s1. The van der Waals surface area contributed by atoms with Gasteiger partial charge in [-0.05, 0) is 57.1 Å². The third-order valence-corrected chi connectivity index (χ3v) is 4.09. The molecule has 1 fully saturated rings. The summed E-state index contributed by atoms with van der Waals surface area (Å²) >= 11 is 5.90. The van der Waals surface area contributed by atoms with E-state index in [-0.39, 0.29) is 5.91 Å². The molecule has 3 nitrogen and oxygen atoms in total. The van der Waals surface area contributed by atoms with E-state index in [1.807, 2.05) is 13.0 Å². The van der Waals surface area contributed by atoms with E-state index >= 15 is 0 Å². The van der Waals surface area contributed by atoms with Gasteiger partial charge in [-0.1, -0.05) is 18.0 Å². The lowest BCUT2D eigenvalue weighted by Crippen LogP contribution is -2.44. The molecule has 2 rings (SSSR count). The molecular weight excluding hydrogens is 260 g/mol. The number of nitrogens with zero attached hydrogens (tertiary/aromatic N) is 1. The number of piperidine rings is 1. The van der Waals surface area contributed by atoms with Crippen molar-refractivity contribution in [3.63, 3.8) is 0 Å². The zero-order valence-corrected chi connectivity index (χ0v) is 12.3. The lowest BCUT2D eigenvalue weighted by atomic mass is 10.0. The molecule has 1 aromatic carbocycles. The molecule has 1 N–H and O–H groups in total. The van der Waals surface area contributed by atoms with Crippen LogP contribution in [0.2, 0.25) is 5.02 Å². The molecule has 104 valence electrons. The van der Waals surface area contributed by atoms with E-state index in [0.29, 0.717) is 16.6 Å². The Kier molecular flexibility index (Phi) is 4.83. The maximum atomic E-state index is 12.2. The molecule has 1 atom stereocenters. The van der Waals surface area contributed by atoms with E-state index in [1.165, 1.54) is 12.8 Å². The summed E-state index contributed by atoms with van der Waals surface area (Å²) in [6.07, 6.45) is 3.68. The molecule has 1 aliphatic heterocycles. The van der Waals surface area contributed by atoms with Gasteiger partial charge in [0.1, 0.15) is 0 Å². The summed E-state index contributed by atoms with van der Waals surface area (Å²) in [4.78, 5) is 14.5. The number of carbonyl (C=O) groups excluding carboxylic acids is 1. The number of amides is 1. The van der Waals surface area contributed by atoms with Crippen LogP contribution in [0.25, 0.3) is 0 Å². The Balaban J connectivity index is 1.93. The zero-order chi connectivity index (χ0) is 13.8. The molecule has 0 saturated carbocycles. The lowest BCUT2D eigenvalue weighted by Gasteiger charge is -2.32. The number of hydrogen-bond donors (Lipinski definition) is 1. The quantitative estimate of drug-likeness (QED) is 0.923. The van der Waals surface area contributed by atoms with Crippen LogP contribution in [0.3, 0.4) is 0 Å². The highest BCUT2D eigenvalue weighted by Gasteiger charge is 2.19. The number of carbonyl (C=O) groups is 1. The zero-order valence-electron chi connectivity index (χ0n) is 11.6. The van der Waals surface area contributed by atoms with Gasteiger partial charge in [-0.15, -0.1) is 0 Å². The maximum absolute atomic E-state index is 12.2. The average molecular weight is 281 g/mol. The van der Waals surface area contributed by atoms with Crippen molar-refractivity contribution >= 4 is 17.5 Å². The van der Waals surface area contributed by atoms with E-state index in [1.54, 1.807) is 12.1 Å². The third kappa shape index (κ3) is 3.71. The van der Waals surface area contributed by atoms with Crippen molar-refractivity contribution in [2.75, 3.05) is 20.1 Å². The largest absolute Gasteiger partial charge is 0.350 e. The SMILES string of the molecule is Cc1cc(Cl)ccc1C(=O)NC[C@H]1CCCCN1C. The van der Waals surface area contributed by atoms with E-state index in [2.05, 4.69) is 17.3 Å². The van der Waals surface area contributed by atoms with Crippen molar-refractivity contribution in [1.82, 2.24) is 10.2 Å². The highest BCUT2D eigenvalue weighted by molar-refractivity contribution is 6.30. The van der Waals surface area contributed by atoms with Crippen LogP contribution in [-0.2, 0) is 0 Å². The van der Waals surface area contributed by atoms with Crippen molar-refractivity contribution in [3.8, 4) is 0 Å². The Bertz CT molecular complexity index is 461. The van der Waals surface area contributed by atoms with Gasteiger partial charge in [-0.2, -0.15) is 0 Å². The van der Waals surface area contributed by atoms with Gasteiger partial charge in [-0.25, -0.2) is 0 Å². The summed E-state index contributed by atoms with van der Waals surface area (Å²) in [7, 11) is 2.13. The first kappa shape index (κ1) is 14.4. The number of rotatable bonds is 3. The summed E-state index contributed by atoms with van der Waals surface area (Å²) < 4.78 is 0. The number of likely N-dealkylation sites (tertiary alicyclic amines) is 1. The first-order valence-electron chi connectivity index (χ1n) is 6.82. The molecule has 1 aromatic rings. The highest BCUT2D eigenvalue weighted by atomic mass is 35.5. The van der Waals surface area contributed by atoms with Crippen molar-refractivity contribution < 1.29 is 4.79 Å². The number of hydrogen-bond acceptors (Lipinski definition) is 2. The fourth-order valence-electron chi connectivity index (χ4n) is 2.59. The first-order valence-corrected chi connectivity index (χ1v) is 7.20. The molecular formula is C15H21ClN2O. The second kappa shape index (κ2) is 6.40. The molecule has 1 saturated heterocycles. The van der Waals surface area contributed by atoms with Gasteiger partial charge in [0, 0.05) is 23.2 Å². The fraction of sp³-hybridized carbons (Fsp3) is 0.533. The second-order valence-corrected chi connectivity index (χ2v) is 5.74. The second-order valence-electron chi connectivity index (χ2n) is 5.30. The molecule has 0 bridgehead atoms. The Morgan fingerprint density at radius 2 is 2.26 bits per heavy atom. The van der Waals surface area contributed by atoms with E-state index in [0.717, 1.165) is 25.1 Å². The van der Waals surface area contributed by atoms with Crippen LogP contribution in [0.1, 0.15) is 35.2 Å². The minimum atomic E-state index is -0.00635. The van der Waals surface area contributed by atoms with Gasteiger partial charge in [-0.3, -0.25) is 4.79 Å². The topological polar surface area (TPSA) is 32.3 Å². The van der Waals surface area contributed by atoms with Gasteiger partial charge in [0.25, 0.3) is 5.91 Å². The summed E-state index contributed by atoms with van der Waals surface area (Å²) in [6.45, 7) is 3.76. The Morgan fingerprint density at radius 1 is 1.47 bits per heavy atom. The predicted molar refractivity (Wildman–Crippen MR) is 78.8 cm³/mol. The normalized spacial score (nSPS) is 20.3. The first-order chi connectivity index (χ1) is 9.08. The Labute approximate surface area is 119 Å². The van der Waals surface area contributed by atoms with Crippen LogP contribution >= 0.6 is 11.6 Å². The van der Waals surface area contributed by atoms with Crippen LogP contribution in [0.5, 0.6) is 0 Å². The van der Waals surface area contributed by atoms with Crippen LogP contribution in [0.4, 0.5) is 0 Å². The van der Waals surface area contributed by atoms with Crippen molar-refractivity contribution in [1.29, 1.82) is 0 Å². The van der Waals surface area contributed by atoms with Crippen molar-refractivity contribution in [2.45, 2.75) is 32.2 Å². The Morgan fingerprint density at radius 3 is 2.95 bits per heavy atom. The predicted octanol–water partition coefficient (Wildman–Crippen LogP) is 2.86. The molecule has 0 aliphatic carbocycles. The Hall–Kier alpha value is -1.06. The molecule has 1 aliphatic rings. The van der Waals surface area contributed by atoms with Crippen LogP contribution in [0, 0.1) is 6.92 Å². The lowest BCUT2D eigenvalue weighted by molar-refractivity contribution is 0.0928. The molecule has 0 radical (unpaired) electrons. The fourth-order valence-corrected chi connectivity index (χ4v) is 2.82. The van der Waals surface area contributed by atoms with Crippen molar-refractivity contribution in [2.24, 2.45) is 0 Å². The van der Waals surface area contributed by atoms with Crippen LogP contribution < -0.4 is 5.32 Å². The molecule has 4 heteroatoms. The minimum absolute atomic E-state index is 0.00635.